The monoisotopic (exact) mass is 459 g/mol. The van der Waals surface area contributed by atoms with Crippen molar-refractivity contribution in [2.45, 2.75) is 26.3 Å². The first kappa shape index (κ1) is 20.3. The number of rotatable bonds is 2. The largest absolute Gasteiger partial charge is 0.297 e. The fourth-order valence-corrected chi connectivity index (χ4v) is 7.65. The summed E-state index contributed by atoms with van der Waals surface area (Å²) in [6.07, 6.45) is 0. The Morgan fingerprint density at radius 1 is 0.903 bits per heavy atom. The maximum absolute atomic E-state index is 14.2. The highest BCUT2D eigenvalue weighted by atomic mass is 32.9. The molecule has 3 aromatic carbocycles. The van der Waals surface area contributed by atoms with Crippen molar-refractivity contribution in [1.82, 2.24) is 0 Å². The molecule has 5 rings (SSSR count). The van der Waals surface area contributed by atoms with Gasteiger partial charge in [-0.2, -0.15) is 0 Å². The van der Waals surface area contributed by atoms with Gasteiger partial charge in [0, 0.05) is 16.7 Å². The van der Waals surface area contributed by atoms with Gasteiger partial charge in [-0.05, 0) is 50.1 Å². The molecule has 154 valence electrons. The molecule has 1 amide bonds. The van der Waals surface area contributed by atoms with Crippen molar-refractivity contribution in [3.63, 3.8) is 0 Å². The minimum Gasteiger partial charge on any atom is -0.297 e. The summed E-state index contributed by atoms with van der Waals surface area (Å²) >= 11 is 5.70. The van der Waals surface area contributed by atoms with E-state index in [2.05, 4.69) is 39.0 Å². The highest BCUT2D eigenvalue weighted by Gasteiger charge is 2.43. The van der Waals surface area contributed by atoms with Gasteiger partial charge in [-0.15, -0.1) is 0 Å². The Morgan fingerprint density at radius 3 is 2.39 bits per heavy atom. The fourth-order valence-electron chi connectivity index (χ4n) is 4.37. The average Bonchev–Trinajstić information content (AvgIpc) is 3.17. The SMILES string of the molecule is Cc1ccc2c(c1)-c1c(ssc1=S)C(C)(C)N2C(=O)c1ccccc1-c1ccccc1. The Hall–Kier alpha value is -2.60. The van der Waals surface area contributed by atoms with E-state index < -0.39 is 5.54 Å². The van der Waals surface area contributed by atoms with Crippen molar-refractivity contribution >= 4 is 44.5 Å². The maximum atomic E-state index is 14.2. The lowest BCUT2D eigenvalue weighted by atomic mass is 9.85. The predicted octanol–water partition coefficient (Wildman–Crippen LogP) is 8.08. The molecule has 4 aromatic rings. The third-order valence-electron chi connectivity index (χ3n) is 5.85. The summed E-state index contributed by atoms with van der Waals surface area (Å²) in [6.45, 7) is 6.32. The second kappa shape index (κ2) is 7.52. The second-order valence-electron chi connectivity index (χ2n) is 8.29. The Balaban J connectivity index is 1.74. The minimum atomic E-state index is -0.503. The number of benzene rings is 3. The topological polar surface area (TPSA) is 20.3 Å². The van der Waals surface area contributed by atoms with Crippen LogP contribution in [-0.4, -0.2) is 5.91 Å². The van der Waals surface area contributed by atoms with Gasteiger partial charge < -0.3 is 0 Å². The number of aryl methyl sites for hydroxylation is 1. The molecule has 0 aliphatic carbocycles. The summed E-state index contributed by atoms with van der Waals surface area (Å²) in [5.74, 6) is 0.00419. The van der Waals surface area contributed by atoms with Crippen LogP contribution in [0, 0.1) is 10.7 Å². The summed E-state index contributed by atoms with van der Waals surface area (Å²) in [5.41, 5.74) is 6.45. The number of anilines is 1. The molecule has 0 saturated heterocycles. The van der Waals surface area contributed by atoms with Crippen LogP contribution in [0.3, 0.4) is 0 Å². The van der Waals surface area contributed by atoms with Crippen LogP contribution >= 0.6 is 32.9 Å². The van der Waals surface area contributed by atoms with Crippen LogP contribution in [0.25, 0.3) is 22.3 Å². The number of nitrogens with zero attached hydrogens (tertiary/aromatic N) is 1. The standard InChI is InChI=1S/C26H21NOS3/c1-16-13-14-21-20(15-16)22-23(30-31-25(22)29)26(2,3)27(21)24(28)19-12-8-7-11-18(19)17-9-5-4-6-10-17/h4-15H,1-3H3. The number of amides is 1. The van der Waals surface area contributed by atoms with Gasteiger partial charge in [0.15, 0.2) is 0 Å². The molecule has 0 bridgehead atoms. The number of carbonyl (C=O) groups is 1. The molecular formula is C26H21NOS3. The Kier molecular flexibility index (Phi) is 4.93. The lowest BCUT2D eigenvalue weighted by Crippen LogP contribution is -2.48. The summed E-state index contributed by atoms with van der Waals surface area (Å²) in [7, 11) is 3.31. The number of fused-ring (bicyclic) bond motifs is 3. The van der Waals surface area contributed by atoms with Crippen molar-refractivity contribution in [3.8, 4) is 22.3 Å². The van der Waals surface area contributed by atoms with E-state index in [0.29, 0.717) is 5.56 Å². The first-order valence-electron chi connectivity index (χ1n) is 10.1. The zero-order valence-electron chi connectivity index (χ0n) is 17.5. The van der Waals surface area contributed by atoms with Crippen LogP contribution in [0.15, 0.2) is 72.8 Å². The van der Waals surface area contributed by atoms with Crippen molar-refractivity contribution in [2.75, 3.05) is 4.90 Å². The molecule has 0 saturated carbocycles. The van der Waals surface area contributed by atoms with Crippen LogP contribution in [0.4, 0.5) is 5.69 Å². The van der Waals surface area contributed by atoms with E-state index in [1.807, 2.05) is 59.5 Å². The first-order valence-corrected chi connectivity index (χ1v) is 12.7. The molecule has 0 atom stereocenters. The summed E-state index contributed by atoms with van der Waals surface area (Å²) < 4.78 is 0.900. The van der Waals surface area contributed by atoms with E-state index in [9.17, 15) is 4.79 Å². The van der Waals surface area contributed by atoms with Gasteiger partial charge in [0.25, 0.3) is 5.91 Å². The Labute approximate surface area is 194 Å². The molecule has 0 N–H and O–H groups in total. The Bertz CT molecular complexity index is 1360. The number of carbonyl (C=O) groups excluding carboxylic acids is 1. The van der Waals surface area contributed by atoms with Gasteiger partial charge >= 0.3 is 0 Å². The third-order valence-corrected chi connectivity index (χ3v) is 9.18. The molecular weight excluding hydrogens is 438 g/mol. The molecule has 0 radical (unpaired) electrons. The zero-order valence-corrected chi connectivity index (χ0v) is 20.0. The molecule has 0 fully saturated rings. The van der Waals surface area contributed by atoms with Crippen LogP contribution < -0.4 is 4.90 Å². The highest BCUT2D eigenvalue weighted by Crippen LogP contribution is 2.52. The molecule has 1 aliphatic heterocycles. The van der Waals surface area contributed by atoms with E-state index >= 15 is 0 Å². The van der Waals surface area contributed by atoms with Gasteiger partial charge in [-0.3, -0.25) is 9.69 Å². The maximum Gasteiger partial charge on any atom is 0.259 e. The van der Waals surface area contributed by atoms with E-state index in [1.165, 1.54) is 0 Å². The van der Waals surface area contributed by atoms with Crippen molar-refractivity contribution in [3.05, 3.63) is 92.6 Å². The molecule has 1 aromatic heterocycles. The highest BCUT2D eigenvalue weighted by molar-refractivity contribution is 7.80. The van der Waals surface area contributed by atoms with E-state index in [0.717, 1.165) is 42.2 Å². The minimum absolute atomic E-state index is 0.00419. The molecule has 0 unspecified atom stereocenters. The van der Waals surface area contributed by atoms with Crippen molar-refractivity contribution in [2.24, 2.45) is 0 Å². The molecule has 1 aliphatic rings. The van der Waals surface area contributed by atoms with Crippen molar-refractivity contribution < 1.29 is 4.79 Å². The van der Waals surface area contributed by atoms with Crippen LogP contribution in [0.2, 0.25) is 0 Å². The van der Waals surface area contributed by atoms with Gasteiger partial charge in [-0.1, -0.05) is 93.1 Å². The third kappa shape index (κ3) is 3.19. The second-order valence-corrected chi connectivity index (χ2v) is 11.1. The van der Waals surface area contributed by atoms with Gasteiger partial charge in [0.05, 0.1) is 16.1 Å². The van der Waals surface area contributed by atoms with E-state index in [1.54, 1.807) is 20.7 Å². The summed E-state index contributed by atoms with van der Waals surface area (Å²) in [6, 6.07) is 24.3. The lowest BCUT2D eigenvalue weighted by molar-refractivity contribution is 0.0962. The number of hydrogen-bond donors (Lipinski definition) is 0. The molecule has 2 nitrogen and oxygen atoms in total. The molecule has 2 heterocycles. The summed E-state index contributed by atoms with van der Waals surface area (Å²) in [4.78, 5) is 17.3. The van der Waals surface area contributed by atoms with Gasteiger partial charge in [0.1, 0.15) is 3.82 Å². The van der Waals surface area contributed by atoms with Crippen molar-refractivity contribution in [1.29, 1.82) is 0 Å². The molecule has 31 heavy (non-hydrogen) atoms. The van der Waals surface area contributed by atoms with E-state index in [4.69, 9.17) is 12.2 Å². The van der Waals surface area contributed by atoms with Crippen LogP contribution in [0.1, 0.15) is 34.6 Å². The fraction of sp³-hybridized carbons (Fsp3) is 0.154. The summed E-state index contributed by atoms with van der Waals surface area (Å²) in [5, 5.41) is 0. The van der Waals surface area contributed by atoms with Gasteiger partial charge in [-0.25, -0.2) is 0 Å². The average molecular weight is 460 g/mol. The van der Waals surface area contributed by atoms with Gasteiger partial charge in [0.2, 0.25) is 0 Å². The Morgan fingerprint density at radius 2 is 1.61 bits per heavy atom. The molecule has 0 spiro atoms. The molecule has 5 heteroatoms. The smallest absolute Gasteiger partial charge is 0.259 e. The normalized spacial score (nSPS) is 14.1. The lowest BCUT2D eigenvalue weighted by Gasteiger charge is -2.43. The predicted molar refractivity (Wildman–Crippen MR) is 135 cm³/mol. The van der Waals surface area contributed by atoms with Crippen LogP contribution in [-0.2, 0) is 5.54 Å². The van der Waals surface area contributed by atoms with Crippen LogP contribution in [0.5, 0.6) is 0 Å². The van der Waals surface area contributed by atoms with E-state index in [-0.39, 0.29) is 5.91 Å². The quantitative estimate of drug-likeness (QED) is 0.223. The zero-order chi connectivity index (χ0) is 21.8. The number of hydrogen-bond acceptors (Lipinski definition) is 4. The first-order chi connectivity index (χ1) is 14.9.